The second-order valence-electron chi connectivity index (χ2n) is 6.16. The summed E-state index contributed by atoms with van der Waals surface area (Å²) < 4.78 is 11.3. The van der Waals surface area contributed by atoms with Gasteiger partial charge in [0.05, 0.1) is 30.1 Å². The minimum absolute atomic E-state index is 0.139. The van der Waals surface area contributed by atoms with Gasteiger partial charge in [-0.3, -0.25) is 9.78 Å². The molecule has 0 aliphatic carbocycles. The predicted molar refractivity (Wildman–Crippen MR) is 109 cm³/mol. The third-order valence-corrected chi connectivity index (χ3v) is 3.80. The zero-order valence-electron chi connectivity index (χ0n) is 16.0. The summed E-state index contributed by atoms with van der Waals surface area (Å²) >= 11 is 6.33. The average Bonchev–Trinajstić information content (AvgIpc) is 2.61. The van der Waals surface area contributed by atoms with Crippen molar-refractivity contribution in [3.05, 3.63) is 44.8 Å². The first-order valence-electron chi connectivity index (χ1n) is 8.94. The van der Waals surface area contributed by atoms with Crippen molar-refractivity contribution in [1.29, 1.82) is 0 Å². The fourth-order valence-corrected chi connectivity index (χ4v) is 2.54. The fourth-order valence-electron chi connectivity index (χ4n) is 2.26. The van der Waals surface area contributed by atoms with Gasteiger partial charge in [-0.1, -0.05) is 32.4 Å². The molecule has 1 heterocycles. The summed E-state index contributed by atoms with van der Waals surface area (Å²) in [6.45, 7) is 8.89. The minimum Gasteiger partial charge on any atom is -0.490 e. The Morgan fingerprint density at radius 1 is 1.30 bits per heavy atom. The largest absolute Gasteiger partial charge is 0.490 e. The highest BCUT2D eigenvalue weighted by atomic mass is 35.5. The molecule has 0 amide bonds. The number of hydrazone groups is 1. The van der Waals surface area contributed by atoms with Gasteiger partial charge in [-0.15, -0.1) is 0 Å². The van der Waals surface area contributed by atoms with Gasteiger partial charge in [0.15, 0.2) is 11.5 Å². The van der Waals surface area contributed by atoms with E-state index >= 15 is 0 Å². The van der Waals surface area contributed by atoms with Gasteiger partial charge in [-0.2, -0.15) is 5.10 Å². The lowest BCUT2D eigenvalue weighted by Gasteiger charge is -2.13. The Hall–Kier alpha value is -2.54. The van der Waals surface area contributed by atoms with Crippen molar-refractivity contribution in [2.45, 2.75) is 40.0 Å². The van der Waals surface area contributed by atoms with Crippen LogP contribution < -0.4 is 20.5 Å². The van der Waals surface area contributed by atoms with E-state index < -0.39 is 0 Å². The van der Waals surface area contributed by atoms with Gasteiger partial charge < -0.3 is 9.47 Å². The standard InChI is InChI=1S/C19H25ClN4O3/c1-5-7-27-18-14(20)8-13(9-16(18)26-6-2)11-21-24-19-22-15(12(3)4)10-17(25)23-19/h8-12H,5-7H2,1-4H3,(H2,22,23,24,25)/b21-11-. The average molecular weight is 393 g/mol. The molecule has 0 saturated heterocycles. The number of nitrogens with zero attached hydrogens (tertiary/aromatic N) is 2. The monoisotopic (exact) mass is 392 g/mol. The second-order valence-corrected chi connectivity index (χ2v) is 6.56. The topological polar surface area (TPSA) is 88.6 Å². The van der Waals surface area contributed by atoms with Crippen LogP contribution in [0.4, 0.5) is 5.95 Å². The van der Waals surface area contributed by atoms with Gasteiger partial charge in [-0.05, 0) is 37.0 Å². The number of aromatic nitrogens is 2. The number of hydrogen-bond acceptors (Lipinski definition) is 6. The third kappa shape index (κ3) is 5.99. The van der Waals surface area contributed by atoms with E-state index in [0.717, 1.165) is 12.0 Å². The van der Waals surface area contributed by atoms with E-state index in [9.17, 15) is 4.79 Å². The van der Waals surface area contributed by atoms with Crippen LogP contribution in [-0.2, 0) is 0 Å². The summed E-state index contributed by atoms with van der Waals surface area (Å²) in [5, 5.41) is 4.57. The van der Waals surface area contributed by atoms with E-state index in [1.54, 1.807) is 18.3 Å². The van der Waals surface area contributed by atoms with E-state index in [2.05, 4.69) is 20.5 Å². The van der Waals surface area contributed by atoms with E-state index in [4.69, 9.17) is 21.1 Å². The van der Waals surface area contributed by atoms with Crippen molar-refractivity contribution in [1.82, 2.24) is 9.97 Å². The molecule has 0 fully saturated rings. The first-order chi connectivity index (χ1) is 12.9. The summed E-state index contributed by atoms with van der Waals surface area (Å²) in [7, 11) is 0. The molecule has 27 heavy (non-hydrogen) atoms. The molecule has 1 aromatic heterocycles. The summed E-state index contributed by atoms with van der Waals surface area (Å²) in [6, 6.07) is 5.01. The second kappa shape index (κ2) is 9.97. The number of aromatic amines is 1. The molecule has 2 N–H and O–H groups in total. The molecule has 1 aromatic carbocycles. The zero-order chi connectivity index (χ0) is 19.8. The number of nitrogens with one attached hydrogen (secondary N) is 2. The van der Waals surface area contributed by atoms with E-state index in [-0.39, 0.29) is 17.4 Å². The summed E-state index contributed by atoms with van der Waals surface area (Å²) in [5.41, 5.74) is 3.92. The molecular weight excluding hydrogens is 368 g/mol. The Labute approximate surface area is 163 Å². The Kier molecular flexibility index (Phi) is 7.67. The van der Waals surface area contributed by atoms with Crippen LogP contribution in [-0.4, -0.2) is 29.4 Å². The first kappa shape index (κ1) is 20.8. The molecule has 2 aromatic rings. The molecule has 2 rings (SSSR count). The van der Waals surface area contributed by atoms with Crippen LogP contribution in [0.2, 0.25) is 5.02 Å². The molecule has 8 heteroatoms. The maximum atomic E-state index is 11.7. The van der Waals surface area contributed by atoms with E-state index in [1.165, 1.54) is 6.07 Å². The normalized spacial score (nSPS) is 11.2. The SMILES string of the molecule is CCCOc1c(Cl)cc(/C=N\Nc2nc(C(C)C)cc(=O)[nH]2)cc1OCC. The summed E-state index contributed by atoms with van der Waals surface area (Å²) in [4.78, 5) is 18.6. The molecule has 0 unspecified atom stereocenters. The van der Waals surface area contributed by atoms with Crippen LogP contribution in [0, 0.1) is 0 Å². The van der Waals surface area contributed by atoms with Gasteiger partial charge in [-0.25, -0.2) is 10.4 Å². The van der Waals surface area contributed by atoms with Crippen LogP contribution >= 0.6 is 11.6 Å². The lowest BCUT2D eigenvalue weighted by molar-refractivity contribution is 0.277. The fraction of sp³-hybridized carbons (Fsp3) is 0.421. The molecule has 0 radical (unpaired) electrons. The Morgan fingerprint density at radius 2 is 2.07 bits per heavy atom. The Bertz CT molecular complexity index is 849. The number of H-pyrrole nitrogens is 1. The number of halogens is 1. The zero-order valence-corrected chi connectivity index (χ0v) is 16.8. The van der Waals surface area contributed by atoms with Gasteiger partial charge >= 0.3 is 0 Å². The number of benzene rings is 1. The highest BCUT2D eigenvalue weighted by Gasteiger charge is 2.12. The van der Waals surface area contributed by atoms with Crippen molar-refractivity contribution >= 4 is 23.8 Å². The molecule has 146 valence electrons. The summed E-state index contributed by atoms with van der Waals surface area (Å²) in [5.74, 6) is 1.51. The van der Waals surface area contributed by atoms with Crippen LogP contribution in [0.15, 0.2) is 28.1 Å². The van der Waals surface area contributed by atoms with Crippen LogP contribution in [0.3, 0.4) is 0 Å². The van der Waals surface area contributed by atoms with Gasteiger partial charge in [0.25, 0.3) is 5.56 Å². The number of rotatable bonds is 9. The van der Waals surface area contributed by atoms with Gasteiger partial charge in [0.2, 0.25) is 5.95 Å². The first-order valence-corrected chi connectivity index (χ1v) is 9.31. The molecule has 0 spiro atoms. The van der Waals surface area contributed by atoms with E-state index in [0.29, 0.717) is 35.4 Å². The van der Waals surface area contributed by atoms with Gasteiger partial charge in [0.1, 0.15) is 0 Å². The van der Waals surface area contributed by atoms with Crippen molar-refractivity contribution in [2.24, 2.45) is 5.10 Å². The van der Waals surface area contributed by atoms with Crippen LogP contribution in [0.5, 0.6) is 11.5 Å². The molecule has 0 bridgehead atoms. The number of hydrogen-bond donors (Lipinski definition) is 2. The predicted octanol–water partition coefficient (Wildman–Crippen LogP) is 4.18. The van der Waals surface area contributed by atoms with Crippen molar-refractivity contribution < 1.29 is 9.47 Å². The molecular formula is C19H25ClN4O3. The molecule has 0 saturated carbocycles. The number of anilines is 1. The van der Waals surface area contributed by atoms with Crippen molar-refractivity contribution in [2.75, 3.05) is 18.6 Å². The smallest absolute Gasteiger partial charge is 0.252 e. The maximum Gasteiger partial charge on any atom is 0.252 e. The quantitative estimate of drug-likeness (QED) is 0.493. The highest BCUT2D eigenvalue weighted by molar-refractivity contribution is 6.32. The van der Waals surface area contributed by atoms with Gasteiger partial charge in [0, 0.05) is 6.07 Å². The minimum atomic E-state index is -0.231. The van der Waals surface area contributed by atoms with Crippen LogP contribution in [0.25, 0.3) is 0 Å². The van der Waals surface area contributed by atoms with Crippen molar-refractivity contribution in [3.8, 4) is 11.5 Å². The maximum absolute atomic E-state index is 11.7. The summed E-state index contributed by atoms with van der Waals surface area (Å²) in [6.07, 6.45) is 2.44. The molecule has 0 aliphatic heterocycles. The van der Waals surface area contributed by atoms with Crippen molar-refractivity contribution in [3.63, 3.8) is 0 Å². The molecule has 0 aliphatic rings. The highest BCUT2D eigenvalue weighted by Crippen LogP contribution is 2.36. The Balaban J connectivity index is 2.20. The molecule has 7 nitrogen and oxygen atoms in total. The Morgan fingerprint density at radius 3 is 2.74 bits per heavy atom. The lowest BCUT2D eigenvalue weighted by atomic mass is 10.1. The third-order valence-electron chi connectivity index (χ3n) is 3.52. The van der Waals surface area contributed by atoms with E-state index in [1.807, 2.05) is 27.7 Å². The number of ether oxygens (including phenoxy) is 2. The molecule has 0 atom stereocenters. The van der Waals surface area contributed by atoms with Crippen LogP contribution in [0.1, 0.15) is 51.3 Å². The lowest BCUT2D eigenvalue weighted by Crippen LogP contribution is -2.12.